The van der Waals surface area contributed by atoms with E-state index >= 15 is 0 Å². The average molecular weight is 725 g/mol. The van der Waals surface area contributed by atoms with Gasteiger partial charge in [-0.05, 0) is 105 Å². The van der Waals surface area contributed by atoms with Gasteiger partial charge in [-0.3, -0.25) is 9.59 Å². The largest absolute Gasteiger partial charge is 0.496 e. The normalized spacial score (nSPS) is 23.6. The van der Waals surface area contributed by atoms with Gasteiger partial charge in [0.1, 0.15) is 23.5 Å². The summed E-state index contributed by atoms with van der Waals surface area (Å²) in [7, 11) is 1.66. The van der Waals surface area contributed by atoms with Gasteiger partial charge >= 0.3 is 6.09 Å². The summed E-state index contributed by atoms with van der Waals surface area (Å²) in [6, 6.07) is 13.8. The van der Waals surface area contributed by atoms with Gasteiger partial charge in [0.2, 0.25) is 5.91 Å². The number of benzene rings is 2. The number of hydrogen-bond donors (Lipinski definition) is 1. The van der Waals surface area contributed by atoms with Crippen LogP contribution >= 0.6 is 34.2 Å². The van der Waals surface area contributed by atoms with Crippen LogP contribution in [-0.4, -0.2) is 65.2 Å². The van der Waals surface area contributed by atoms with E-state index in [-0.39, 0.29) is 30.9 Å². The second-order valence-corrected chi connectivity index (χ2v) is 14.0. The van der Waals surface area contributed by atoms with Crippen molar-refractivity contribution in [2.75, 3.05) is 31.3 Å². The number of ether oxygens (including phenoxy) is 3. The number of halogens is 2. The summed E-state index contributed by atoms with van der Waals surface area (Å²) in [5.41, 5.74) is 0.967. The molecule has 1 aliphatic heterocycles. The molecule has 2 aromatic carbocycles. The Kier molecular flexibility index (Phi) is 11.0. The van der Waals surface area contributed by atoms with Crippen molar-refractivity contribution in [2.45, 2.75) is 76.4 Å². The molecule has 2 fully saturated rings. The van der Waals surface area contributed by atoms with Crippen molar-refractivity contribution in [2.24, 2.45) is 5.92 Å². The molecule has 43 heavy (non-hydrogen) atoms. The number of carbonyl (C=O) groups excluding carboxylic acids is 3. The summed E-state index contributed by atoms with van der Waals surface area (Å²) in [5.74, 6) is -0.792. The number of fused-ring (bicyclic) bond motifs is 1. The number of likely N-dealkylation sites (tertiary alicyclic amines) is 1. The van der Waals surface area contributed by atoms with Crippen LogP contribution in [-0.2, 0) is 19.1 Å². The lowest BCUT2D eigenvalue weighted by Crippen LogP contribution is -2.61. The molecule has 2 aliphatic rings. The van der Waals surface area contributed by atoms with Crippen LogP contribution in [0.1, 0.15) is 75.0 Å². The first kappa shape index (κ1) is 33.5. The highest BCUT2D eigenvalue weighted by atomic mass is 127. The highest BCUT2D eigenvalue weighted by Crippen LogP contribution is 2.56. The van der Waals surface area contributed by atoms with Gasteiger partial charge in [0.15, 0.2) is 0 Å². The Hall–Kier alpha value is -2.37. The first-order chi connectivity index (χ1) is 20.4. The van der Waals surface area contributed by atoms with Crippen LogP contribution in [0, 0.1) is 12.8 Å². The van der Waals surface area contributed by atoms with Gasteiger partial charge in [-0.15, -0.1) is 0 Å². The highest BCUT2D eigenvalue weighted by Gasteiger charge is 2.63. The van der Waals surface area contributed by atoms with Crippen molar-refractivity contribution in [1.29, 1.82) is 0 Å². The van der Waals surface area contributed by atoms with Crippen LogP contribution < -0.4 is 10.1 Å². The number of rotatable bonds is 10. The predicted octanol–water partition coefficient (Wildman–Crippen LogP) is 6.80. The molecule has 8 nitrogen and oxygen atoms in total. The molecule has 4 rings (SSSR count). The van der Waals surface area contributed by atoms with E-state index in [0.717, 1.165) is 39.7 Å². The van der Waals surface area contributed by atoms with Crippen molar-refractivity contribution in [3.63, 3.8) is 0 Å². The third-order valence-corrected chi connectivity index (χ3v) is 9.30. The molecule has 1 saturated carbocycles. The number of alkyl halides is 1. The summed E-state index contributed by atoms with van der Waals surface area (Å²) in [4.78, 5) is 42.2. The van der Waals surface area contributed by atoms with Crippen LogP contribution in [0.2, 0.25) is 5.02 Å². The van der Waals surface area contributed by atoms with Gasteiger partial charge in [0.25, 0.3) is 5.91 Å². The molecule has 1 N–H and O–H groups in total. The summed E-state index contributed by atoms with van der Waals surface area (Å²) in [6.07, 6.45) is 2.07. The van der Waals surface area contributed by atoms with Crippen LogP contribution in [0.4, 0.5) is 4.79 Å². The fraction of sp³-hybridized carbons (Fsp3) is 0.545. The molecular weight excluding hydrogens is 683 g/mol. The number of carbonyl (C=O) groups is 3. The molecule has 10 heteroatoms. The molecular formula is C33H42ClIN2O6. The summed E-state index contributed by atoms with van der Waals surface area (Å²) in [5, 5.41) is 3.68. The molecule has 0 bridgehead atoms. The number of nitrogens with one attached hydrogen (secondary N) is 1. The fourth-order valence-corrected chi connectivity index (χ4v) is 7.11. The average Bonchev–Trinajstić information content (AvgIpc) is 3.24. The number of unbranched alkanes of at least 4 members (excludes halogenated alkanes) is 1. The molecule has 1 aliphatic carbocycles. The van der Waals surface area contributed by atoms with Gasteiger partial charge < -0.3 is 19.5 Å². The van der Waals surface area contributed by atoms with Gasteiger partial charge in [0.05, 0.1) is 7.11 Å². The minimum atomic E-state index is -1.31. The number of methoxy groups -OCH3 is 1. The van der Waals surface area contributed by atoms with Gasteiger partial charge in [0, 0.05) is 24.1 Å². The van der Waals surface area contributed by atoms with E-state index in [1.54, 1.807) is 27.9 Å². The second-order valence-electron chi connectivity index (χ2n) is 12.4. The topological polar surface area (TPSA) is 94.2 Å². The van der Waals surface area contributed by atoms with E-state index in [9.17, 15) is 14.4 Å². The minimum absolute atomic E-state index is 0.0531. The summed E-state index contributed by atoms with van der Waals surface area (Å²) >= 11 is 8.60. The van der Waals surface area contributed by atoms with E-state index in [0.29, 0.717) is 24.5 Å². The standard InChI is InChI=1S/C33H42ClIN2O6/c1-21-8-13-24(27(18-21)41-5)25-14-15-33(36-28(38)20-42-17-7-6-16-35)26(29(25)22-9-11-23(34)12-10-22)19-37(30(33)39)31(40)43-32(2,3)4/h8-13,18,25-26,29H,6-7,14-17,19-20H2,1-5H3,(H,36,38). The maximum atomic E-state index is 14.3. The molecule has 0 aromatic heterocycles. The number of hydrogen-bond acceptors (Lipinski definition) is 6. The zero-order valence-electron chi connectivity index (χ0n) is 25.6. The zero-order valence-corrected chi connectivity index (χ0v) is 28.5. The molecule has 4 atom stereocenters. The van der Waals surface area contributed by atoms with Crippen LogP contribution in [0.15, 0.2) is 42.5 Å². The Bertz CT molecular complexity index is 1310. The maximum absolute atomic E-state index is 14.3. The van der Waals surface area contributed by atoms with Gasteiger partial charge in [-0.2, -0.15) is 0 Å². The number of aryl methyl sites for hydroxylation is 1. The van der Waals surface area contributed by atoms with E-state index in [1.807, 2.05) is 37.3 Å². The number of amides is 3. The molecule has 0 spiro atoms. The quantitative estimate of drug-likeness (QED) is 0.165. The van der Waals surface area contributed by atoms with Crippen molar-refractivity contribution >= 4 is 52.1 Å². The number of nitrogens with zero attached hydrogens (tertiary/aromatic N) is 1. The van der Waals surface area contributed by atoms with E-state index in [1.165, 1.54) is 4.90 Å². The van der Waals surface area contributed by atoms with Crippen LogP contribution in [0.3, 0.4) is 0 Å². The smallest absolute Gasteiger partial charge is 0.417 e. The molecule has 2 aromatic rings. The van der Waals surface area contributed by atoms with Crippen molar-refractivity contribution in [3.8, 4) is 5.75 Å². The van der Waals surface area contributed by atoms with Crippen molar-refractivity contribution < 1.29 is 28.6 Å². The lowest BCUT2D eigenvalue weighted by atomic mass is 9.60. The molecule has 1 saturated heterocycles. The summed E-state index contributed by atoms with van der Waals surface area (Å²) in [6.45, 7) is 7.72. The Morgan fingerprint density at radius 1 is 1.14 bits per heavy atom. The predicted molar refractivity (Wildman–Crippen MR) is 175 cm³/mol. The van der Waals surface area contributed by atoms with E-state index in [2.05, 4.69) is 40.0 Å². The SMILES string of the molecule is COc1cc(C)ccc1C1CCC2(NC(=O)COCCCCI)C(=O)N(C(=O)OC(C)(C)C)CC2C1c1ccc(Cl)cc1. The minimum Gasteiger partial charge on any atom is -0.496 e. The Morgan fingerprint density at radius 2 is 1.86 bits per heavy atom. The fourth-order valence-electron chi connectivity index (χ4n) is 6.45. The third kappa shape index (κ3) is 7.65. The molecule has 234 valence electrons. The Morgan fingerprint density at radius 3 is 2.51 bits per heavy atom. The highest BCUT2D eigenvalue weighted by molar-refractivity contribution is 14.1. The zero-order chi connectivity index (χ0) is 31.4. The molecule has 4 unspecified atom stereocenters. The molecule has 3 amide bonds. The Labute approximate surface area is 273 Å². The van der Waals surface area contributed by atoms with E-state index < -0.39 is 29.1 Å². The number of imide groups is 1. The van der Waals surface area contributed by atoms with Gasteiger partial charge in [-0.1, -0.05) is 58.5 Å². The monoisotopic (exact) mass is 724 g/mol. The lowest BCUT2D eigenvalue weighted by Gasteiger charge is -2.46. The molecule has 0 radical (unpaired) electrons. The van der Waals surface area contributed by atoms with Crippen LogP contribution in [0.5, 0.6) is 5.75 Å². The first-order valence-corrected chi connectivity index (χ1v) is 16.7. The first-order valence-electron chi connectivity index (χ1n) is 14.8. The summed E-state index contributed by atoms with van der Waals surface area (Å²) < 4.78 is 18.2. The van der Waals surface area contributed by atoms with Crippen molar-refractivity contribution in [3.05, 3.63) is 64.2 Å². The van der Waals surface area contributed by atoms with E-state index in [4.69, 9.17) is 25.8 Å². The molecule has 1 heterocycles. The Balaban J connectivity index is 1.77. The second kappa shape index (κ2) is 14.2. The maximum Gasteiger partial charge on any atom is 0.417 e. The lowest BCUT2D eigenvalue weighted by molar-refractivity contribution is -0.140. The third-order valence-electron chi connectivity index (χ3n) is 8.28. The van der Waals surface area contributed by atoms with Crippen LogP contribution in [0.25, 0.3) is 0 Å². The van der Waals surface area contributed by atoms with Crippen molar-refractivity contribution in [1.82, 2.24) is 10.2 Å². The van der Waals surface area contributed by atoms with Gasteiger partial charge in [-0.25, -0.2) is 9.69 Å².